The summed E-state index contributed by atoms with van der Waals surface area (Å²) in [5, 5.41) is -0.0927. The summed E-state index contributed by atoms with van der Waals surface area (Å²) in [7, 11) is -3.45. The SMILES string of the molecule is Cc1ccc(C)c(S(=O)(=O)NCC(Cl)C2CC2)c1. The summed E-state index contributed by atoms with van der Waals surface area (Å²) in [6.07, 6.45) is 2.22. The van der Waals surface area contributed by atoms with Gasteiger partial charge < -0.3 is 0 Å². The Balaban J connectivity index is 2.11. The van der Waals surface area contributed by atoms with Crippen LogP contribution in [0.1, 0.15) is 24.0 Å². The Kier molecular flexibility index (Phi) is 3.99. The summed E-state index contributed by atoms with van der Waals surface area (Å²) in [5.74, 6) is 0.480. The Bertz CT molecular complexity index is 538. The Labute approximate surface area is 114 Å². The molecule has 1 atom stereocenters. The molecule has 0 radical (unpaired) electrons. The van der Waals surface area contributed by atoms with Crippen LogP contribution in [0.25, 0.3) is 0 Å². The van der Waals surface area contributed by atoms with E-state index in [1.165, 1.54) is 0 Å². The third kappa shape index (κ3) is 3.25. The second-order valence-electron chi connectivity index (χ2n) is 4.97. The first kappa shape index (κ1) is 13.8. The van der Waals surface area contributed by atoms with E-state index in [9.17, 15) is 8.42 Å². The zero-order valence-electron chi connectivity index (χ0n) is 10.6. The summed E-state index contributed by atoms with van der Waals surface area (Å²) in [5.41, 5.74) is 1.69. The standard InChI is InChI=1S/C13H18ClNO2S/c1-9-3-4-10(2)13(7-9)18(16,17)15-8-12(14)11-5-6-11/h3-4,7,11-12,15H,5-6,8H2,1-2H3. The van der Waals surface area contributed by atoms with E-state index < -0.39 is 10.0 Å². The van der Waals surface area contributed by atoms with E-state index in [1.807, 2.05) is 19.1 Å². The smallest absolute Gasteiger partial charge is 0.210 e. The van der Waals surface area contributed by atoms with E-state index in [2.05, 4.69) is 4.72 Å². The molecule has 18 heavy (non-hydrogen) atoms. The van der Waals surface area contributed by atoms with Gasteiger partial charge in [-0.1, -0.05) is 12.1 Å². The molecule has 5 heteroatoms. The second-order valence-corrected chi connectivity index (χ2v) is 7.27. The number of alkyl halides is 1. The van der Waals surface area contributed by atoms with Crippen molar-refractivity contribution >= 4 is 21.6 Å². The Hall–Kier alpha value is -0.580. The van der Waals surface area contributed by atoms with Crippen molar-refractivity contribution in [2.45, 2.75) is 37.0 Å². The van der Waals surface area contributed by atoms with Gasteiger partial charge in [-0.15, -0.1) is 11.6 Å². The van der Waals surface area contributed by atoms with Crippen LogP contribution in [-0.2, 0) is 10.0 Å². The number of benzene rings is 1. The molecule has 0 heterocycles. The van der Waals surface area contributed by atoms with Crippen LogP contribution < -0.4 is 4.72 Å². The predicted octanol–water partition coefficient (Wildman–Crippen LogP) is 2.60. The van der Waals surface area contributed by atoms with Gasteiger partial charge in [0.2, 0.25) is 10.0 Å². The number of hydrogen-bond donors (Lipinski definition) is 1. The average molecular weight is 288 g/mol. The van der Waals surface area contributed by atoms with E-state index in [-0.39, 0.29) is 5.38 Å². The number of nitrogens with one attached hydrogen (secondary N) is 1. The summed E-state index contributed by atoms with van der Waals surface area (Å²) >= 11 is 6.12. The van der Waals surface area contributed by atoms with Gasteiger partial charge in [-0.3, -0.25) is 0 Å². The van der Waals surface area contributed by atoms with Gasteiger partial charge in [0, 0.05) is 11.9 Å². The van der Waals surface area contributed by atoms with Gasteiger partial charge >= 0.3 is 0 Å². The van der Waals surface area contributed by atoms with Crippen LogP contribution >= 0.6 is 11.6 Å². The van der Waals surface area contributed by atoms with Crippen molar-refractivity contribution in [2.24, 2.45) is 5.92 Å². The summed E-state index contributed by atoms with van der Waals surface area (Å²) in [4.78, 5) is 0.349. The summed E-state index contributed by atoms with van der Waals surface area (Å²) in [6.45, 7) is 3.99. The highest BCUT2D eigenvalue weighted by Gasteiger charge is 2.30. The molecular weight excluding hydrogens is 270 g/mol. The zero-order valence-corrected chi connectivity index (χ0v) is 12.2. The van der Waals surface area contributed by atoms with Gasteiger partial charge in [-0.25, -0.2) is 13.1 Å². The minimum atomic E-state index is -3.45. The molecule has 1 saturated carbocycles. The van der Waals surface area contributed by atoms with Crippen LogP contribution in [-0.4, -0.2) is 20.3 Å². The maximum atomic E-state index is 12.2. The highest BCUT2D eigenvalue weighted by molar-refractivity contribution is 7.89. The van der Waals surface area contributed by atoms with E-state index in [1.54, 1.807) is 13.0 Å². The molecule has 0 aliphatic heterocycles. The maximum Gasteiger partial charge on any atom is 0.240 e. The first-order chi connectivity index (χ1) is 8.40. The molecular formula is C13H18ClNO2S. The van der Waals surface area contributed by atoms with Crippen molar-refractivity contribution in [3.63, 3.8) is 0 Å². The molecule has 0 bridgehead atoms. The molecule has 1 fully saturated rings. The van der Waals surface area contributed by atoms with E-state index in [4.69, 9.17) is 11.6 Å². The fraction of sp³-hybridized carbons (Fsp3) is 0.538. The maximum absolute atomic E-state index is 12.2. The van der Waals surface area contributed by atoms with E-state index in [0.29, 0.717) is 17.4 Å². The molecule has 0 amide bonds. The molecule has 100 valence electrons. The first-order valence-electron chi connectivity index (χ1n) is 6.11. The highest BCUT2D eigenvalue weighted by atomic mass is 35.5. The van der Waals surface area contributed by atoms with Gasteiger partial charge in [-0.2, -0.15) is 0 Å². The van der Waals surface area contributed by atoms with Crippen molar-refractivity contribution < 1.29 is 8.42 Å². The molecule has 0 aromatic heterocycles. The topological polar surface area (TPSA) is 46.2 Å². The van der Waals surface area contributed by atoms with Crippen molar-refractivity contribution in [1.82, 2.24) is 4.72 Å². The van der Waals surface area contributed by atoms with Crippen LogP contribution in [0.4, 0.5) is 0 Å². The fourth-order valence-corrected chi connectivity index (χ4v) is 3.70. The number of rotatable bonds is 5. The van der Waals surface area contributed by atoms with E-state index >= 15 is 0 Å². The summed E-state index contributed by atoms with van der Waals surface area (Å²) in [6, 6.07) is 5.42. The van der Waals surface area contributed by atoms with Crippen molar-refractivity contribution in [3.8, 4) is 0 Å². The van der Waals surface area contributed by atoms with Gasteiger partial charge in [0.15, 0.2) is 0 Å². The van der Waals surface area contributed by atoms with Gasteiger partial charge in [-0.05, 0) is 49.8 Å². The molecule has 2 rings (SSSR count). The van der Waals surface area contributed by atoms with Crippen LogP contribution in [0.5, 0.6) is 0 Å². The zero-order chi connectivity index (χ0) is 13.3. The largest absolute Gasteiger partial charge is 0.240 e. The van der Waals surface area contributed by atoms with Crippen LogP contribution in [0.3, 0.4) is 0 Å². The molecule has 1 aliphatic carbocycles. The molecule has 1 N–H and O–H groups in total. The molecule has 1 aliphatic rings. The van der Waals surface area contributed by atoms with Crippen LogP contribution in [0, 0.1) is 19.8 Å². The monoisotopic (exact) mass is 287 g/mol. The normalized spacial score (nSPS) is 17.7. The molecule has 3 nitrogen and oxygen atoms in total. The highest BCUT2D eigenvalue weighted by Crippen LogP contribution is 2.35. The number of hydrogen-bond acceptors (Lipinski definition) is 2. The van der Waals surface area contributed by atoms with E-state index in [0.717, 1.165) is 24.0 Å². The minimum Gasteiger partial charge on any atom is -0.210 e. The predicted molar refractivity (Wildman–Crippen MR) is 73.5 cm³/mol. The Morgan fingerprint density at radius 2 is 2.06 bits per heavy atom. The van der Waals surface area contributed by atoms with Gasteiger partial charge in [0.25, 0.3) is 0 Å². The summed E-state index contributed by atoms with van der Waals surface area (Å²) < 4.78 is 27.0. The fourth-order valence-electron chi connectivity index (χ4n) is 1.89. The quantitative estimate of drug-likeness (QED) is 0.846. The average Bonchev–Trinajstić information content (AvgIpc) is 3.13. The number of halogens is 1. The van der Waals surface area contributed by atoms with Crippen molar-refractivity contribution in [3.05, 3.63) is 29.3 Å². The third-order valence-electron chi connectivity index (χ3n) is 3.24. The molecule has 1 unspecified atom stereocenters. The van der Waals surface area contributed by atoms with Crippen LogP contribution in [0.2, 0.25) is 0 Å². The van der Waals surface area contributed by atoms with Crippen LogP contribution in [0.15, 0.2) is 23.1 Å². The van der Waals surface area contributed by atoms with Crippen molar-refractivity contribution in [2.75, 3.05) is 6.54 Å². The third-order valence-corrected chi connectivity index (χ3v) is 5.31. The lowest BCUT2D eigenvalue weighted by atomic mass is 10.2. The number of sulfonamides is 1. The molecule has 1 aromatic carbocycles. The van der Waals surface area contributed by atoms with Gasteiger partial charge in [0.05, 0.1) is 4.90 Å². The molecule has 0 saturated heterocycles. The minimum absolute atomic E-state index is 0.0927. The van der Waals surface area contributed by atoms with Crippen molar-refractivity contribution in [1.29, 1.82) is 0 Å². The van der Waals surface area contributed by atoms with Gasteiger partial charge in [0.1, 0.15) is 0 Å². The lowest BCUT2D eigenvalue weighted by Crippen LogP contribution is -2.31. The molecule has 1 aromatic rings. The second kappa shape index (κ2) is 5.19. The first-order valence-corrected chi connectivity index (χ1v) is 8.03. The number of aryl methyl sites for hydroxylation is 2. The lowest BCUT2D eigenvalue weighted by Gasteiger charge is -2.12. The Morgan fingerprint density at radius 3 is 2.67 bits per heavy atom. The lowest BCUT2D eigenvalue weighted by molar-refractivity contribution is 0.575. The Morgan fingerprint density at radius 1 is 1.39 bits per heavy atom. The molecule has 0 spiro atoms.